The number of carbonyl (C=O) groups is 1. The van der Waals surface area contributed by atoms with Crippen LogP contribution in [0.5, 0.6) is 0 Å². The monoisotopic (exact) mass is 219 g/mol. The summed E-state index contributed by atoms with van der Waals surface area (Å²) in [4.78, 5) is 11.9. The van der Waals surface area contributed by atoms with Gasteiger partial charge < -0.3 is 11.5 Å². The molecule has 0 saturated carbocycles. The van der Waals surface area contributed by atoms with Crippen molar-refractivity contribution in [2.75, 3.05) is 5.73 Å². The van der Waals surface area contributed by atoms with E-state index in [1.54, 1.807) is 0 Å². The van der Waals surface area contributed by atoms with E-state index in [0.29, 0.717) is 5.56 Å². The van der Waals surface area contributed by atoms with Gasteiger partial charge in [0.05, 0.1) is 4.88 Å². The topological polar surface area (TPSA) is 82.0 Å². The van der Waals surface area contributed by atoms with Gasteiger partial charge >= 0.3 is 0 Å². The molecule has 1 heterocycles. The molecule has 0 unspecified atom stereocenters. The van der Waals surface area contributed by atoms with Crippen molar-refractivity contribution in [2.45, 2.75) is 0 Å². The fourth-order valence-electron chi connectivity index (χ4n) is 1.33. The van der Waals surface area contributed by atoms with Gasteiger partial charge in [-0.05, 0) is 17.1 Å². The second-order valence-corrected chi connectivity index (χ2v) is 3.78. The second-order valence-electron chi connectivity index (χ2n) is 3.00. The van der Waals surface area contributed by atoms with Gasteiger partial charge in [-0.1, -0.05) is 30.3 Å². The van der Waals surface area contributed by atoms with Crippen LogP contribution in [-0.2, 0) is 0 Å². The van der Waals surface area contributed by atoms with E-state index in [0.717, 1.165) is 10.4 Å². The molecule has 4 N–H and O–H groups in total. The first-order chi connectivity index (χ1) is 7.20. The maximum Gasteiger partial charge on any atom is 0.254 e. The Balaban J connectivity index is 2.59. The lowest BCUT2D eigenvalue weighted by atomic mass is 10.1. The smallest absolute Gasteiger partial charge is 0.254 e. The standard InChI is InChI=1S/C10H9N3OS/c11-9-7(10(12)14)8(15-13-9)6-4-2-1-3-5-6/h1-5H,(H2,11,13)(H2,12,14). The molecule has 15 heavy (non-hydrogen) atoms. The van der Waals surface area contributed by atoms with Crippen LogP contribution in [-0.4, -0.2) is 10.3 Å². The Morgan fingerprint density at radius 3 is 2.53 bits per heavy atom. The number of amides is 1. The summed E-state index contributed by atoms with van der Waals surface area (Å²) in [6.07, 6.45) is 0. The van der Waals surface area contributed by atoms with Crippen molar-refractivity contribution in [3.8, 4) is 10.4 Å². The predicted molar refractivity (Wildman–Crippen MR) is 60.5 cm³/mol. The molecule has 0 fully saturated rings. The van der Waals surface area contributed by atoms with Gasteiger partial charge in [0.2, 0.25) is 0 Å². The van der Waals surface area contributed by atoms with Crippen molar-refractivity contribution in [3.05, 3.63) is 35.9 Å². The Kier molecular flexibility index (Phi) is 2.39. The molecule has 0 bridgehead atoms. The van der Waals surface area contributed by atoms with Gasteiger partial charge in [-0.15, -0.1) is 0 Å². The van der Waals surface area contributed by atoms with Gasteiger partial charge in [0.1, 0.15) is 5.56 Å². The molecule has 0 spiro atoms. The summed E-state index contributed by atoms with van der Waals surface area (Å²) in [5.41, 5.74) is 12.0. The van der Waals surface area contributed by atoms with E-state index in [1.165, 1.54) is 11.5 Å². The number of hydrogen-bond donors (Lipinski definition) is 2. The molecule has 76 valence electrons. The van der Waals surface area contributed by atoms with Crippen molar-refractivity contribution in [1.29, 1.82) is 0 Å². The van der Waals surface area contributed by atoms with E-state index < -0.39 is 5.91 Å². The number of hydrogen-bond acceptors (Lipinski definition) is 4. The van der Waals surface area contributed by atoms with Crippen LogP contribution in [0.3, 0.4) is 0 Å². The molecule has 0 aliphatic rings. The number of benzene rings is 1. The van der Waals surface area contributed by atoms with Crippen molar-refractivity contribution < 1.29 is 4.79 Å². The van der Waals surface area contributed by atoms with Gasteiger partial charge in [-0.3, -0.25) is 4.79 Å². The highest BCUT2D eigenvalue weighted by molar-refractivity contribution is 7.10. The molecule has 0 atom stereocenters. The van der Waals surface area contributed by atoms with E-state index in [2.05, 4.69) is 4.37 Å². The number of carbonyl (C=O) groups excluding carboxylic acids is 1. The average molecular weight is 219 g/mol. The number of aromatic nitrogens is 1. The Hall–Kier alpha value is -1.88. The zero-order valence-electron chi connectivity index (χ0n) is 7.81. The molecular formula is C10H9N3OS. The van der Waals surface area contributed by atoms with Gasteiger partial charge in [0.25, 0.3) is 5.91 Å². The minimum Gasteiger partial charge on any atom is -0.382 e. The number of nitrogens with zero attached hydrogens (tertiary/aromatic N) is 1. The van der Waals surface area contributed by atoms with Crippen LogP contribution < -0.4 is 11.5 Å². The van der Waals surface area contributed by atoms with E-state index in [-0.39, 0.29) is 5.82 Å². The molecule has 0 aliphatic carbocycles. The van der Waals surface area contributed by atoms with Crippen LogP contribution in [0.4, 0.5) is 5.82 Å². The lowest BCUT2D eigenvalue weighted by Crippen LogP contribution is -2.13. The minimum absolute atomic E-state index is 0.200. The molecule has 1 aromatic carbocycles. The lowest BCUT2D eigenvalue weighted by molar-refractivity contribution is 0.100. The summed E-state index contributed by atoms with van der Waals surface area (Å²) in [6, 6.07) is 9.45. The third-order valence-corrected chi connectivity index (χ3v) is 2.91. The van der Waals surface area contributed by atoms with Crippen LogP contribution >= 0.6 is 11.5 Å². The minimum atomic E-state index is -0.542. The Labute approximate surface area is 90.7 Å². The highest BCUT2D eigenvalue weighted by atomic mass is 32.1. The summed E-state index contributed by atoms with van der Waals surface area (Å²) in [5.74, 6) is -0.341. The number of primary amides is 1. The average Bonchev–Trinajstić information content (AvgIpc) is 2.61. The highest BCUT2D eigenvalue weighted by Crippen LogP contribution is 2.31. The first-order valence-electron chi connectivity index (χ1n) is 4.30. The number of anilines is 1. The normalized spacial score (nSPS) is 10.1. The second kappa shape index (κ2) is 3.70. The fraction of sp³-hybridized carbons (Fsp3) is 0. The molecule has 1 amide bonds. The first kappa shape index (κ1) is 9.67. The third-order valence-electron chi connectivity index (χ3n) is 2.00. The van der Waals surface area contributed by atoms with Crippen molar-refractivity contribution in [1.82, 2.24) is 4.37 Å². The van der Waals surface area contributed by atoms with Crippen LogP contribution in [0.15, 0.2) is 30.3 Å². The molecule has 5 heteroatoms. The summed E-state index contributed by atoms with van der Waals surface area (Å²) in [6.45, 7) is 0. The number of rotatable bonds is 2. The zero-order valence-corrected chi connectivity index (χ0v) is 8.62. The fourth-order valence-corrected chi connectivity index (χ4v) is 2.15. The Morgan fingerprint density at radius 1 is 1.27 bits per heavy atom. The maximum atomic E-state index is 11.2. The van der Waals surface area contributed by atoms with E-state index in [4.69, 9.17) is 11.5 Å². The van der Waals surface area contributed by atoms with E-state index in [1.807, 2.05) is 30.3 Å². The molecule has 2 aromatic rings. The van der Waals surface area contributed by atoms with Gasteiger partial charge in [0.15, 0.2) is 5.82 Å². The van der Waals surface area contributed by atoms with E-state index in [9.17, 15) is 4.79 Å². The molecule has 4 nitrogen and oxygen atoms in total. The summed E-state index contributed by atoms with van der Waals surface area (Å²) in [7, 11) is 0. The molecule has 0 radical (unpaired) electrons. The third kappa shape index (κ3) is 1.69. The predicted octanol–water partition coefficient (Wildman–Crippen LogP) is 1.49. The van der Waals surface area contributed by atoms with Crippen molar-refractivity contribution in [2.24, 2.45) is 5.73 Å². The van der Waals surface area contributed by atoms with Crippen LogP contribution in [0.25, 0.3) is 10.4 Å². The number of nitrogens with two attached hydrogens (primary N) is 2. The number of nitrogen functional groups attached to an aromatic ring is 1. The largest absolute Gasteiger partial charge is 0.382 e. The summed E-state index contributed by atoms with van der Waals surface area (Å²) >= 11 is 1.18. The lowest BCUT2D eigenvalue weighted by Gasteiger charge is -1.99. The molecule has 0 aliphatic heterocycles. The van der Waals surface area contributed by atoms with E-state index >= 15 is 0 Å². The van der Waals surface area contributed by atoms with Gasteiger partial charge in [0, 0.05) is 0 Å². The maximum absolute atomic E-state index is 11.2. The molecule has 0 saturated heterocycles. The summed E-state index contributed by atoms with van der Waals surface area (Å²) in [5, 5.41) is 0. The van der Waals surface area contributed by atoms with Crippen LogP contribution in [0.2, 0.25) is 0 Å². The molecule has 2 rings (SSSR count). The Morgan fingerprint density at radius 2 is 1.93 bits per heavy atom. The molecular weight excluding hydrogens is 210 g/mol. The van der Waals surface area contributed by atoms with Crippen molar-refractivity contribution in [3.63, 3.8) is 0 Å². The highest BCUT2D eigenvalue weighted by Gasteiger charge is 2.17. The SMILES string of the molecule is NC(=O)c1c(N)nsc1-c1ccccc1. The van der Waals surface area contributed by atoms with Crippen LogP contribution in [0.1, 0.15) is 10.4 Å². The quantitative estimate of drug-likeness (QED) is 0.802. The van der Waals surface area contributed by atoms with Gasteiger partial charge in [-0.25, -0.2) is 0 Å². The molecule has 1 aromatic heterocycles. The van der Waals surface area contributed by atoms with Gasteiger partial charge in [-0.2, -0.15) is 4.37 Å². The van der Waals surface area contributed by atoms with Crippen LogP contribution in [0, 0.1) is 0 Å². The van der Waals surface area contributed by atoms with Crippen molar-refractivity contribution >= 4 is 23.3 Å². The first-order valence-corrected chi connectivity index (χ1v) is 5.08. The summed E-state index contributed by atoms with van der Waals surface area (Å²) < 4.78 is 3.93. The zero-order chi connectivity index (χ0) is 10.8. The Bertz CT molecular complexity index is 493.